The summed E-state index contributed by atoms with van der Waals surface area (Å²) < 4.78 is 18.3. The molecule has 0 fully saturated rings. The van der Waals surface area contributed by atoms with Crippen LogP contribution in [0.1, 0.15) is 10.4 Å². The van der Waals surface area contributed by atoms with Crippen molar-refractivity contribution in [3.63, 3.8) is 0 Å². The van der Waals surface area contributed by atoms with E-state index in [4.69, 9.17) is 9.84 Å². The number of aromatic nitrogens is 1. The van der Waals surface area contributed by atoms with E-state index >= 15 is 0 Å². The van der Waals surface area contributed by atoms with Crippen molar-refractivity contribution >= 4 is 17.7 Å². The Morgan fingerprint density at radius 2 is 2.05 bits per heavy atom. The summed E-state index contributed by atoms with van der Waals surface area (Å²) in [5, 5.41) is 8.86. The fraction of sp³-hybridized carbons (Fsp3) is 0.0769. The van der Waals surface area contributed by atoms with Crippen molar-refractivity contribution in [2.24, 2.45) is 0 Å². The van der Waals surface area contributed by atoms with Crippen molar-refractivity contribution in [2.45, 2.75) is 9.79 Å². The van der Waals surface area contributed by atoms with Crippen LogP contribution in [0.4, 0.5) is 4.39 Å². The number of aromatic carboxylic acids is 1. The predicted molar refractivity (Wildman–Crippen MR) is 68.3 cm³/mol. The van der Waals surface area contributed by atoms with Crippen LogP contribution in [-0.4, -0.2) is 23.2 Å². The number of pyridine rings is 1. The van der Waals surface area contributed by atoms with E-state index in [1.165, 1.54) is 31.0 Å². The summed E-state index contributed by atoms with van der Waals surface area (Å²) in [7, 11) is 1.51. The van der Waals surface area contributed by atoms with Gasteiger partial charge >= 0.3 is 5.97 Å². The maximum absolute atomic E-state index is 13.3. The molecule has 1 aromatic heterocycles. The van der Waals surface area contributed by atoms with Crippen molar-refractivity contribution in [1.29, 1.82) is 0 Å². The normalized spacial score (nSPS) is 10.2. The van der Waals surface area contributed by atoms with Gasteiger partial charge in [0, 0.05) is 22.1 Å². The van der Waals surface area contributed by atoms with Crippen LogP contribution in [-0.2, 0) is 0 Å². The van der Waals surface area contributed by atoms with Gasteiger partial charge in [-0.1, -0.05) is 11.8 Å². The Bertz CT molecular complexity index is 619. The Kier molecular flexibility index (Phi) is 4.01. The fourth-order valence-electron chi connectivity index (χ4n) is 1.43. The first-order valence-corrected chi connectivity index (χ1v) is 6.12. The molecule has 1 N–H and O–H groups in total. The Morgan fingerprint density at radius 1 is 1.32 bits per heavy atom. The molecule has 2 aromatic rings. The molecule has 1 aromatic carbocycles. The summed E-state index contributed by atoms with van der Waals surface area (Å²) in [5.74, 6) is -1.57. The summed E-state index contributed by atoms with van der Waals surface area (Å²) in [6.45, 7) is 0. The van der Waals surface area contributed by atoms with Crippen LogP contribution < -0.4 is 4.74 Å². The second kappa shape index (κ2) is 5.71. The molecule has 6 heteroatoms. The highest BCUT2D eigenvalue weighted by atomic mass is 32.2. The molecule has 0 saturated carbocycles. The smallest absolute Gasteiger partial charge is 0.338 e. The number of ether oxygens (including phenoxy) is 1. The summed E-state index contributed by atoms with van der Waals surface area (Å²) in [6, 6.07) is 7.45. The van der Waals surface area contributed by atoms with Gasteiger partial charge in [0.2, 0.25) is 5.88 Å². The summed E-state index contributed by atoms with van der Waals surface area (Å²) in [5.41, 5.74) is -0.342. The molecular weight excluding hydrogens is 269 g/mol. The standard InChI is InChI=1S/C13H10FNO3S/c1-18-12-7-9(4-5-15-12)19-8-2-3-11(14)10(6-8)13(16)17/h2-7H,1H3,(H,16,17). The van der Waals surface area contributed by atoms with Crippen molar-refractivity contribution < 1.29 is 19.0 Å². The zero-order valence-corrected chi connectivity index (χ0v) is 10.8. The van der Waals surface area contributed by atoms with E-state index in [1.807, 2.05) is 0 Å². The van der Waals surface area contributed by atoms with Gasteiger partial charge in [-0.2, -0.15) is 0 Å². The van der Waals surface area contributed by atoms with Crippen LogP contribution in [0.2, 0.25) is 0 Å². The largest absolute Gasteiger partial charge is 0.481 e. The molecule has 0 bridgehead atoms. The molecule has 0 aliphatic heterocycles. The molecule has 0 saturated heterocycles. The number of methoxy groups -OCH3 is 1. The van der Waals surface area contributed by atoms with Crippen LogP contribution in [0.25, 0.3) is 0 Å². The number of carbonyl (C=O) groups is 1. The number of carboxylic acids is 1. The number of rotatable bonds is 4. The van der Waals surface area contributed by atoms with Crippen LogP contribution in [0.5, 0.6) is 5.88 Å². The van der Waals surface area contributed by atoms with Gasteiger partial charge in [-0.25, -0.2) is 14.2 Å². The second-order valence-electron chi connectivity index (χ2n) is 3.58. The number of benzene rings is 1. The highest BCUT2D eigenvalue weighted by molar-refractivity contribution is 7.99. The lowest BCUT2D eigenvalue weighted by Crippen LogP contribution is -2.00. The minimum Gasteiger partial charge on any atom is -0.481 e. The maximum Gasteiger partial charge on any atom is 0.338 e. The van der Waals surface area contributed by atoms with Crippen molar-refractivity contribution in [2.75, 3.05) is 7.11 Å². The molecule has 0 spiro atoms. The van der Waals surface area contributed by atoms with E-state index in [2.05, 4.69) is 4.98 Å². The third-order valence-electron chi connectivity index (χ3n) is 2.32. The minimum atomic E-state index is -1.28. The number of hydrogen-bond donors (Lipinski definition) is 1. The molecule has 1 heterocycles. The molecule has 0 radical (unpaired) electrons. The molecule has 19 heavy (non-hydrogen) atoms. The molecule has 0 aliphatic carbocycles. The van der Waals surface area contributed by atoms with Gasteiger partial charge in [0.15, 0.2) is 0 Å². The Labute approximate surface area is 113 Å². The first-order chi connectivity index (χ1) is 9.10. The second-order valence-corrected chi connectivity index (χ2v) is 4.73. The number of carboxylic acid groups (broad SMARTS) is 1. The van der Waals surface area contributed by atoms with E-state index < -0.39 is 11.8 Å². The third-order valence-corrected chi connectivity index (χ3v) is 3.30. The fourth-order valence-corrected chi connectivity index (χ4v) is 2.31. The monoisotopic (exact) mass is 279 g/mol. The molecule has 98 valence electrons. The van der Waals surface area contributed by atoms with Crippen LogP contribution in [0, 0.1) is 5.82 Å². The number of nitrogens with zero attached hydrogens (tertiary/aromatic N) is 1. The molecule has 0 aliphatic rings. The Balaban J connectivity index is 2.28. The van der Waals surface area contributed by atoms with E-state index in [0.717, 1.165) is 11.0 Å². The average Bonchev–Trinajstić information content (AvgIpc) is 2.41. The predicted octanol–water partition coefficient (Wildman–Crippen LogP) is 3.08. The topological polar surface area (TPSA) is 59.4 Å². The SMILES string of the molecule is COc1cc(Sc2ccc(F)c(C(=O)O)c2)ccn1. The van der Waals surface area contributed by atoms with Crippen LogP contribution in [0.3, 0.4) is 0 Å². The zero-order chi connectivity index (χ0) is 13.8. The summed E-state index contributed by atoms with van der Waals surface area (Å²) >= 11 is 1.31. The van der Waals surface area contributed by atoms with Gasteiger partial charge in [0.25, 0.3) is 0 Å². The highest BCUT2D eigenvalue weighted by Crippen LogP contribution is 2.30. The average molecular weight is 279 g/mol. The first kappa shape index (κ1) is 13.4. The van der Waals surface area contributed by atoms with E-state index in [0.29, 0.717) is 10.8 Å². The van der Waals surface area contributed by atoms with Crippen molar-refractivity contribution in [3.05, 3.63) is 47.9 Å². The summed E-state index contributed by atoms with van der Waals surface area (Å²) in [6.07, 6.45) is 1.59. The molecule has 2 rings (SSSR count). The molecular formula is C13H10FNO3S. The van der Waals surface area contributed by atoms with Crippen LogP contribution in [0.15, 0.2) is 46.3 Å². The van der Waals surface area contributed by atoms with Gasteiger partial charge in [-0.3, -0.25) is 0 Å². The van der Waals surface area contributed by atoms with Crippen molar-refractivity contribution in [3.8, 4) is 5.88 Å². The number of halogens is 1. The van der Waals surface area contributed by atoms with Gasteiger partial charge in [-0.05, 0) is 24.3 Å². The molecule has 4 nitrogen and oxygen atoms in total. The lowest BCUT2D eigenvalue weighted by atomic mass is 10.2. The quantitative estimate of drug-likeness (QED) is 0.932. The van der Waals surface area contributed by atoms with Gasteiger partial charge in [-0.15, -0.1) is 0 Å². The minimum absolute atomic E-state index is 0.342. The van der Waals surface area contributed by atoms with Gasteiger partial charge in [0.05, 0.1) is 12.7 Å². The van der Waals surface area contributed by atoms with Crippen LogP contribution >= 0.6 is 11.8 Å². The van der Waals surface area contributed by atoms with Crippen molar-refractivity contribution in [1.82, 2.24) is 4.98 Å². The third kappa shape index (κ3) is 3.23. The Morgan fingerprint density at radius 3 is 2.74 bits per heavy atom. The van der Waals surface area contributed by atoms with E-state index in [9.17, 15) is 9.18 Å². The lowest BCUT2D eigenvalue weighted by molar-refractivity contribution is 0.0691. The molecule has 0 unspecified atom stereocenters. The van der Waals surface area contributed by atoms with Gasteiger partial charge < -0.3 is 9.84 Å². The highest BCUT2D eigenvalue weighted by Gasteiger charge is 2.11. The maximum atomic E-state index is 13.3. The number of hydrogen-bond acceptors (Lipinski definition) is 4. The summed E-state index contributed by atoms with van der Waals surface area (Å²) in [4.78, 5) is 16.3. The Hall–Kier alpha value is -2.08. The molecule has 0 atom stereocenters. The van der Waals surface area contributed by atoms with E-state index in [-0.39, 0.29) is 5.56 Å². The lowest BCUT2D eigenvalue weighted by Gasteiger charge is -2.05. The van der Waals surface area contributed by atoms with Gasteiger partial charge in [0.1, 0.15) is 5.82 Å². The first-order valence-electron chi connectivity index (χ1n) is 5.31. The molecule has 0 amide bonds. The zero-order valence-electron chi connectivity index (χ0n) is 9.96. The van der Waals surface area contributed by atoms with E-state index in [1.54, 1.807) is 18.3 Å².